The molecule has 0 unspecified atom stereocenters. The van der Waals surface area contributed by atoms with Crippen LogP contribution >= 0.6 is 0 Å². The lowest BCUT2D eigenvalue weighted by molar-refractivity contribution is 0.453. The van der Waals surface area contributed by atoms with Gasteiger partial charge in [-0.15, -0.1) is 0 Å². The maximum Gasteiger partial charge on any atom is 0.119 e. The fourth-order valence-electron chi connectivity index (χ4n) is 1.26. The van der Waals surface area contributed by atoms with Gasteiger partial charge in [0.05, 0.1) is 0 Å². The number of rotatable bonds is 4. The lowest BCUT2D eigenvalue weighted by atomic mass is 10.1. The average molecular weight is 179 g/mol. The van der Waals surface area contributed by atoms with Crippen molar-refractivity contribution in [2.24, 2.45) is 0 Å². The van der Waals surface area contributed by atoms with Crippen LogP contribution in [0.1, 0.15) is 24.8 Å². The highest BCUT2D eigenvalue weighted by Gasteiger charge is 2.01. The standard InChI is InChI=1S/C11H15O2/c1-2-3-4-5-9-8-10(12)6-7-11(9)13/h6-8,12-13H,1-5H2. The van der Waals surface area contributed by atoms with Crippen LogP contribution in [0, 0.1) is 6.92 Å². The Morgan fingerprint density at radius 3 is 2.62 bits per heavy atom. The van der Waals surface area contributed by atoms with Gasteiger partial charge in [0.15, 0.2) is 0 Å². The van der Waals surface area contributed by atoms with Crippen LogP contribution in [-0.2, 0) is 6.42 Å². The van der Waals surface area contributed by atoms with Crippen molar-refractivity contribution in [3.8, 4) is 11.5 Å². The highest BCUT2D eigenvalue weighted by Crippen LogP contribution is 2.23. The van der Waals surface area contributed by atoms with E-state index in [1.54, 1.807) is 6.07 Å². The minimum absolute atomic E-state index is 0.211. The molecule has 0 saturated carbocycles. The van der Waals surface area contributed by atoms with E-state index in [-0.39, 0.29) is 11.5 Å². The van der Waals surface area contributed by atoms with Crippen LogP contribution in [0.3, 0.4) is 0 Å². The molecule has 0 aromatic heterocycles. The molecule has 0 aliphatic rings. The number of aryl methyl sites for hydroxylation is 1. The zero-order valence-corrected chi connectivity index (χ0v) is 7.66. The zero-order chi connectivity index (χ0) is 9.68. The van der Waals surface area contributed by atoms with E-state index >= 15 is 0 Å². The van der Waals surface area contributed by atoms with Crippen molar-refractivity contribution in [2.75, 3.05) is 0 Å². The minimum Gasteiger partial charge on any atom is -0.508 e. The van der Waals surface area contributed by atoms with E-state index in [0.29, 0.717) is 0 Å². The summed E-state index contributed by atoms with van der Waals surface area (Å²) in [5.74, 6) is 0.476. The van der Waals surface area contributed by atoms with Crippen molar-refractivity contribution in [3.05, 3.63) is 30.7 Å². The summed E-state index contributed by atoms with van der Waals surface area (Å²) in [7, 11) is 0. The molecule has 1 rings (SSSR count). The minimum atomic E-state index is 0.211. The Labute approximate surface area is 78.8 Å². The molecule has 0 saturated heterocycles. The summed E-state index contributed by atoms with van der Waals surface area (Å²) in [5, 5.41) is 18.6. The third-order valence-electron chi connectivity index (χ3n) is 2.01. The van der Waals surface area contributed by atoms with Gasteiger partial charge in [-0.25, -0.2) is 0 Å². The Bertz CT molecular complexity index is 269. The Morgan fingerprint density at radius 1 is 1.15 bits per heavy atom. The molecule has 13 heavy (non-hydrogen) atoms. The van der Waals surface area contributed by atoms with Crippen molar-refractivity contribution in [1.29, 1.82) is 0 Å². The first-order valence-corrected chi connectivity index (χ1v) is 4.54. The van der Waals surface area contributed by atoms with Gasteiger partial charge < -0.3 is 10.2 Å². The predicted octanol–water partition coefficient (Wildman–Crippen LogP) is 2.64. The summed E-state index contributed by atoms with van der Waals surface area (Å²) >= 11 is 0. The van der Waals surface area contributed by atoms with Gasteiger partial charge in [0, 0.05) is 0 Å². The molecule has 0 heterocycles. The van der Waals surface area contributed by atoms with E-state index in [1.807, 2.05) is 0 Å². The van der Waals surface area contributed by atoms with Gasteiger partial charge in [-0.1, -0.05) is 19.8 Å². The van der Waals surface area contributed by atoms with Gasteiger partial charge in [0.2, 0.25) is 0 Å². The van der Waals surface area contributed by atoms with E-state index in [2.05, 4.69) is 6.92 Å². The van der Waals surface area contributed by atoms with Crippen LogP contribution in [0.25, 0.3) is 0 Å². The summed E-state index contributed by atoms with van der Waals surface area (Å²) in [6, 6.07) is 4.62. The van der Waals surface area contributed by atoms with Crippen LogP contribution in [0.2, 0.25) is 0 Å². The van der Waals surface area contributed by atoms with E-state index in [1.165, 1.54) is 12.1 Å². The number of hydrogen-bond acceptors (Lipinski definition) is 2. The van der Waals surface area contributed by atoms with Crippen molar-refractivity contribution in [1.82, 2.24) is 0 Å². The molecule has 0 aliphatic carbocycles. The van der Waals surface area contributed by atoms with Crippen molar-refractivity contribution >= 4 is 0 Å². The van der Waals surface area contributed by atoms with Gasteiger partial charge in [-0.3, -0.25) is 0 Å². The average Bonchev–Trinajstić information content (AvgIpc) is 2.11. The summed E-state index contributed by atoms with van der Waals surface area (Å²) in [6.07, 6.45) is 3.77. The van der Waals surface area contributed by atoms with Crippen molar-refractivity contribution in [3.63, 3.8) is 0 Å². The molecule has 71 valence electrons. The Kier molecular flexibility index (Phi) is 3.62. The van der Waals surface area contributed by atoms with Crippen LogP contribution in [0.15, 0.2) is 18.2 Å². The van der Waals surface area contributed by atoms with Crippen molar-refractivity contribution in [2.45, 2.75) is 25.7 Å². The van der Waals surface area contributed by atoms with Crippen LogP contribution in [0.5, 0.6) is 11.5 Å². The summed E-state index contributed by atoms with van der Waals surface area (Å²) in [5.41, 5.74) is 0.813. The first-order chi connectivity index (χ1) is 6.24. The maximum atomic E-state index is 9.41. The summed E-state index contributed by atoms with van der Waals surface area (Å²) < 4.78 is 0. The Morgan fingerprint density at radius 2 is 1.92 bits per heavy atom. The molecule has 0 atom stereocenters. The molecule has 0 spiro atoms. The lowest BCUT2D eigenvalue weighted by Crippen LogP contribution is -1.86. The first kappa shape index (κ1) is 9.90. The lowest BCUT2D eigenvalue weighted by Gasteiger charge is -2.04. The summed E-state index contributed by atoms with van der Waals surface area (Å²) in [4.78, 5) is 0. The smallest absolute Gasteiger partial charge is 0.119 e. The molecule has 2 nitrogen and oxygen atoms in total. The Balaban J connectivity index is 2.59. The molecule has 2 heteroatoms. The Hall–Kier alpha value is -1.18. The number of unbranched alkanes of at least 4 members (excludes halogenated alkanes) is 2. The highest BCUT2D eigenvalue weighted by atomic mass is 16.3. The van der Waals surface area contributed by atoms with Gasteiger partial charge >= 0.3 is 0 Å². The third kappa shape index (κ3) is 2.98. The number of hydrogen-bond donors (Lipinski definition) is 2. The topological polar surface area (TPSA) is 40.5 Å². The number of phenolic OH excluding ortho intramolecular Hbond substituents is 2. The number of aromatic hydroxyl groups is 2. The van der Waals surface area contributed by atoms with Gasteiger partial charge in [-0.05, 0) is 36.6 Å². The molecule has 1 aromatic rings. The molecule has 1 aromatic carbocycles. The highest BCUT2D eigenvalue weighted by molar-refractivity contribution is 5.38. The maximum absolute atomic E-state index is 9.41. The quantitative estimate of drug-likeness (QED) is 0.551. The number of phenols is 2. The zero-order valence-electron chi connectivity index (χ0n) is 7.66. The monoisotopic (exact) mass is 179 g/mol. The fraction of sp³-hybridized carbons (Fsp3) is 0.364. The molecule has 2 N–H and O–H groups in total. The van der Waals surface area contributed by atoms with Crippen LogP contribution < -0.4 is 0 Å². The van der Waals surface area contributed by atoms with Crippen LogP contribution in [-0.4, -0.2) is 10.2 Å². The third-order valence-corrected chi connectivity index (χ3v) is 2.01. The second-order valence-corrected chi connectivity index (χ2v) is 3.12. The van der Waals surface area contributed by atoms with E-state index in [0.717, 1.165) is 31.2 Å². The summed E-state index contributed by atoms with van der Waals surface area (Å²) in [6.45, 7) is 3.74. The fourth-order valence-corrected chi connectivity index (χ4v) is 1.26. The normalized spacial score (nSPS) is 10.2. The predicted molar refractivity (Wildman–Crippen MR) is 52.7 cm³/mol. The van der Waals surface area contributed by atoms with Crippen molar-refractivity contribution < 1.29 is 10.2 Å². The second-order valence-electron chi connectivity index (χ2n) is 3.12. The van der Waals surface area contributed by atoms with Gasteiger partial charge in [0.25, 0.3) is 0 Å². The SMILES string of the molecule is [CH2]CCCCc1cc(O)ccc1O. The molecule has 0 fully saturated rings. The molecular formula is C11H15O2. The van der Waals surface area contributed by atoms with E-state index in [4.69, 9.17) is 0 Å². The van der Waals surface area contributed by atoms with Gasteiger partial charge in [0.1, 0.15) is 11.5 Å². The molecule has 0 aliphatic heterocycles. The molecule has 0 bridgehead atoms. The number of benzene rings is 1. The van der Waals surface area contributed by atoms with E-state index in [9.17, 15) is 10.2 Å². The first-order valence-electron chi connectivity index (χ1n) is 4.54. The van der Waals surface area contributed by atoms with E-state index < -0.39 is 0 Å². The van der Waals surface area contributed by atoms with Gasteiger partial charge in [-0.2, -0.15) is 0 Å². The molecule has 0 amide bonds. The molecular weight excluding hydrogens is 164 g/mol. The second kappa shape index (κ2) is 4.75. The molecule has 1 radical (unpaired) electrons. The van der Waals surface area contributed by atoms with Crippen LogP contribution in [0.4, 0.5) is 0 Å². The largest absolute Gasteiger partial charge is 0.508 e.